The van der Waals surface area contributed by atoms with E-state index in [1.54, 1.807) is 7.11 Å². The van der Waals surface area contributed by atoms with Crippen molar-refractivity contribution in [2.24, 2.45) is 0 Å². The van der Waals surface area contributed by atoms with Crippen molar-refractivity contribution in [3.8, 4) is 0 Å². The summed E-state index contributed by atoms with van der Waals surface area (Å²) in [5, 5.41) is 0. The summed E-state index contributed by atoms with van der Waals surface area (Å²) in [7, 11) is 1.71. The highest BCUT2D eigenvalue weighted by Gasteiger charge is 1.98. The van der Waals surface area contributed by atoms with Gasteiger partial charge in [0.2, 0.25) is 0 Å². The molecule has 10 heavy (non-hydrogen) atoms. The van der Waals surface area contributed by atoms with E-state index >= 15 is 0 Å². The molecule has 0 aromatic carbocycles. The zero-order valence-corrected chi connectivity index (χ0v) is 6.68. The first-order valence-electron chi connectivity index (χ1n) is 3.61. The maximum atomic E-state index is 5.09. The van der Waals surface area contributed by atoms with Crippen molar-refractivity contribution in [2.75, 3.05) is 7.11 Å². The van der Waals surface area contributed by atoms with E-state index in [1.807, 2.05) is 12.2 Å². The number of rotatable bonds is 6. The SMILES string of the molecule is C=CCCCC(C=C)OC. The molecular weight excluding hydrogens is 124 g/mol. The van der Waals surface area contributed by atoms with Crippen LogP contribution in [0.15, 0.2) is 25.3 Å². The van der Waals surface area contributed by atoms with Gasteiger partial charge in [-0.3, -0.25) is 0 Å². The first-order valence-corrected chi connectivity index (χ1v) is 3.61. The van der Waals surface area contributed by atoms with E-state index in [9.17, 15) is 0 Å². The van der Waals surface area contributed by atoms with Gasteiger partial charge >= 0.3 is 0 Å². The van der Waals surface area contributed by atoms with Gasteiger partial charge in [0.15, 0.2) is 0 Å². The van der Waals surface area contributed by atoms with E-state index in [0.29, 0.717) is 0 Å². The molecule has 58 valence electrons. The quantitative estimate of drug-likeness (QED) is 0.407. The predicted octanol–water partition coefficient (Wildman–Crippen LogP) is 2.54. The molecule has 1 heteroatoms. The summed E-state index contributed by atoms with van der Waals surface area (Å²) in [5.74, 6) is 0. The Hall–Kier alpha value is -0.560. The molecule has 0 aliphatic heterocycles. The van der Waals surface area contributed by atoms with E-state index in [-0.39, 0.29) is 6.10 Å². The van der Waals surface area contributed by atoms with Crippen LogP contribution in [0.2, 0.25) is 0 Å². The van der Waals surface area contributed by atoms with Crippen molar-refractivity contribution in [1.29, 1.82) is 0 Å². The monoisotopic (exact) mass is 140 g/mol. The summed E-state index contributed by atoms with van der Waals surface area (Å²) < 4.78 is 5.09. The van der Waals surface area contributed by atoms with Gasteiger partial charge in [0.25, 0.3) is 0 Å². The first-order chi connectivity index (χ1) is 4.85. The van der Waals surface area contributed by atoms with Crippen LogP contribution in [0.1, 0.15) is 19.3 Å². The van der Waals surface area contributed by atoms with Gasteiger partial charge in [-0.25, -0.2) is 0 Å². The molecule has 0 bridgehead atoms. The molecule has 0 fully saturated rings. The molecule has 0 radical (unpaired) electrons. The summed E-state index contributed by atoms with van der Waals surface area (Å²) in [6, 6.07) is 0. The fourth-order valence-electron chi connectivity index (χ4n) is 0.795. The summed E-state index contributed by atoms with van der Waals surface area (Å²) in [6.07, 6.45) is 7.23. The summed E-state index contributed by atoms with van der Waals surface area (Å²) in [6.45, 7) is 7.30. The van der Waals surface area contributed by atoms with Crippen LogP contribution in [0, 0.1) is 0 Å². The number of methoxy groups -OCH3 is 1. The van der Waals surface area contributed by atoms with Crippen LogP contribution >= 0.6 is 0 Å². The number of hydrogen-bond donors (Lipinski definition) is 0. The third-order valence-corrected chi connectivity index (χ3v) is 1.46. The molecule has 0 saturated heterocycles. The van der Waals surface area contributed by atoms with E-state index in [0.717, 1.165) is 19.3 Å². The Kier molecular flexibility index (Phi) is 6.19. The summed E-state index contributed by atoms with van der Waals surface area (Å²) >= 11 is 0. The summed E-state index contributed by atoms with van der Waals surface area (Å²) in [4.78, 5) is 0. The molecule has 0 aromatic rings. The molecule has 0 aromatic heterocycles. The molecular formula is C9H16O. The Morgan fingerprint density at radius 1 is 1.50 bits per heavy atom. The van der Waals surface area contributed by atoms with Crippen molar-refractivity contribution in [2.45, 2.75) is 25.4 Å². The second-order valence-electron chi connectivity index (χ2n) is 2.23. The third kappa shape index (κ3) is 4.33. The molecule has 0 spiro atoms. The second-order valence-corrected chi connectivity index (χ2v) is 2.23. The smallest absolute Gasteiger partial charge is 0.0749 e. The van der Waals surface area contributed by atoms with Crippen LogP contribution in [-0.2, 0) is 4.74 Å². The van der Waals surface area contributed by atoms with Crippen LogP contribution in [-0.4, -0.2) is 13.2 Å². The fourth-order valence-corrected chi connectivity index (χ4v) is 0.795. The Morgan fingerprint density at radius 3 is 2.60 bits per heavy atom. The lowest BCUT2D eigenvalue weighted by Gasteiger charge is -2.07. The Labute approximate surface area is 63.4 Å². The molecule has 0 rings (SSSR count). The van der Waals surface area contributed by atoms with Crippen LogP contribution in [0.3, 0.4) is 0 Å². The highest BCUT2D eigenvalue weighted by atomic mass is 16.5. The van der Waals surface area contributed by atoms with Crippen molar-refractivity contribution in [3.05, 3.63) is 25.3 Å². The van der Waals surface area contributed by atoms with Gasteiger partial charge in [0, 0.05) is 7.11 Å². The van der Waals surface area contributed by atoms with Crippen LogP contribution in [0.25, 0.3) is 0 Å². The predicted molar refractivity (Wildman–Crippen MR) is 45.0 cm³/mol. The Bertz CT molecular complexity index is 96.9. The zero-order chi connectivity index (χ0) is 7.82. The number of hydrogen-bond acceptors (Lipinski definition) is 1. The van der Waals surface area contributed by atoms with E-state index < -0.39 is 0 Å². The van der Waals surface area contributed by atoms with Crippen molar-refractivity contribution < 1.29 is 4.74 Å². The lowest BCUT2D eigenvalue weighted by atomic mass is 10.1. The number of unbranched alkanes of at least 4 members (excludes halogenated alkanes) is 1. The van der Waals surface area contributed by atoms with Crippen molar-refractivity contribution in [1.82, 2.24) is 0 Å². The maximum absolute atomic E-state index is 5.09. The van der Waals surface area contributed by atoms with Gasteiger partial charge in [0.1, 0.15) is 0 Å². The minimum atomic E-state index is 0.222. The van der Waals surface area contributed by atoms with Crippen LogP contribution in [0.4, 0.5) is 0 Å². The van der Waals surface area contributed by atoms with E-state index in [1.165, 1.54) is 0 Å². The van der Waals surface area contributed by atoms with Crippen LogP contribution < -0.4 is 0 Å². The average Bonchev–Trinajstić information content (AvgIpc) is 1.99. The lowest BCUT2D eigenvalue weighted by Crippen LogP contribution is -2.05. The van der Waals surface area contributed by atoms with Gasteiger partial charge in [-0.05, 0) is 19.3 Å². The standard InChI is InChI=1S/C9H16O/c1-4-6-7-8-9(5-2)10-3/h4-5,9H,1-2,6-8H2,3H3. The van der Waals surface area contributed by atoms with Gasteiger partial charge in [-0.1, -0.05) is 12.2 Å². The fraction of sp³-hybridized carbons (Fsp3) is 0.556. The molecule has 0 aliphatic rings. The minimum Gasteiger partial charge on any atom is -0.377 e. The Balaban J connectivity index is 3.25. The van der Waals surface area contributed by atoms with E-state index in [2.05, 4.69) is 13.2 Å². The van der Waals surface area contributed by atoms with Crippen molar-refractivity contribution >= 4 is 0 Å². The Morgan fingerprint density at radius 2 is 2.20 bits per heavy atom. The largest absolute Gasteiger partial charge is 0.377 e. The highest BCUT2D eigenvalue weighted by Crippen LogP contribution is 2.04. The molecule has 0 aliphatic carbocycles. The van der Waals surface area contributed by atoms with Crippen LogP contribution in [0.5, 0.6) is 0 Å². The molecule has 1 nitrogen and oxygen atoms in total. The van der Waals surface area contributed by atoms with Gasteiger partial charge in [-0.2, -0.15) is 0 Å². The number of allylic oxidation sites excluding steroid dienone is 1. The normalized spacial score (nSPS) is 12.5. The highest BCUT2D eigenvalue weighted by molar-refractivity contribution is 4.80. The van der Waals surface area contributed by atoms with Gasteiger partial charge < -0.3 is 4.74 Å². The zero-order valence-electron chi connectivity index (χ0n) is 6.68. The third-order valence-electron chi connectivity index (χ3n) is 1.46. The molecule has 0 saturated carbocycles. The first kappa shape index (κ1) is 9.44. The second kappa shape index (κ2) is 6.56. The molecule has 0 heterocycles. The average molecular weight is 140 g/mol. The van der Waals surface area contributed by atoms with Gasteiger partial charge in [0.05, 0.1) is 6.10 Å². The number of ether oxygens (including phenoxy) is 1. The molecule has 0 amide bonds. The summed E-state index contributed by atoms with van der Waals surface area (Å²) in [5.41, 5.74) is 0. The molecule has 0 N–H and O–H groups in total. The topological polar surface area (TPSA) is 9.23 Å². The molecule has 1 unspecified atom stereocenters. The van der Waals surface area contributed by atoms with Gasteiger partial charge in [-0.15, -0.1) is 13.2 Å². The van der Waals surface area contributed by atoms with E-state index in [4.69, 9.17) is 4.74 Å². The maximum Gasteiger partial charge on any atom is 0.0749 e. The minimum absolute atomic E-state index is 0.222. The molecule has 1 atom stereocenters. The lowest BCUT2D eigenvalue weighted by molar-refractivity contribution is 0.132. The van der Waals surface area contributed by atoms with Crippen molar-refractivity contribution in [3.63, 3.8) is 0 Å².